The lowest BCUT2D eigenvalue weighted by molar-refractivity contribution is 0.0531. The molecule has 0 saturated carbocycles. The van der Waals surface area contributed by atoms with Crippen molar-refractivity contribution in [1.29, 1.82) is 0 Å². The molecule has 1 aromatic heterocycles. The Morgan fingerprint density at radius 1 is 1.38 bits per heavy atom. The molecule has 0 aliphatic carbocycles. The van der Waals surface area contributed by atoms with Crippen LogP contribution in [-0.4, -0.2) is 43.2 Å². The van der Waals surface area contributed by atoms with E-state index in [0.717, 1.165) is 5.01 Å². The number of rotatable bonds is 9. The van der Waals surface area contributed by atoms with Crippen LogP contribution in [0.25, 0.3) is 0 Å². The van der Waals surface area contributed by atoms with Crippen LogP contribution < -0.4 is 15.4 Å². The average molecular weight is 423 g/mol. The molecule has 9 heteroatoms. The molecule has 1 unspecified atom stereocenters. The first-order valence-electron chi connectivity index (χ1n) is 9.52. The minimum absolute atomic E-state index is 0.149. The van der Waals surface area contributed by atoms with E-state index in [0.29, 0.717) is 48.6 Å². The number of hydrogen-bond acceptors (Lipinski definition) is 6. The molecule has 7 nitrogen and oxygen atoms in total. The van der Waals surface area contributed by atoms with Crippen molar-refractivity contribution in [1.82, 2.24) is 15.6 Å². The molecular formula is C20H27FN4O3S. The Bertz CT molecular complexity index is 841. The molecule has 0 spiro atoms. The van der Waals surface area contributed by atoms with Gasteiger partial charge in [0.25, 0.3) is 0 Å². The van der Waals surface area contributed by atoms with E-state index in [2.05, 4.69) is 20.6 Å². The lowest BCUT2D eigenvalue weighted by atomic mass is 10.3. The van der Waals surface area contributed by atoms with Gasteiger partial charge >= 0.3 is 5.97 Å². The topological polar surface area (TPSA) is 84.8 Å². The van der Waals surface area contributed by atoms with Crippen LogP contribution in [-0.2, 0) is 4.74 Å². The molecule has 2 N–H and O–H groups in total. The van der Waals surface area contributed by atoms with E-state index in [1.165, 1.54) is 23.5 Å². The van der Waals surface area contributed by atoms with Gasteiger partial charge in [0.05, 0.1) is 24.9 Å². The van der Waals surface area contributed by atoms with Crippen molar-refractivity contribution in [2.75, 3.05) is 26.3 Å². The molecule has 0 amide bonds. The van der Waals surface area contributed by atoms with Gasteiger partial charge in [0.1, 0.15) is 28.1 Å². The number of thiazole rings is 1. The number of nitrogens with zero attached hydrogens (tertiary/aromatic N) is 2. The number of aliphatic imine (C=N–C) groups is 1. The molecule has 1 aromatic carbocycles. The Hall–Kier alpha value is -2.68. The number of aromatic nitrogens is 1. The maximum Gasteiger partial charge on any atom is 0.350 e. The van der Waals surface area contributed by atoms with Gasteiger partial charge in [-0.3, -0.25) is 0 Å². The minimum Gasteiger partial charge on any atom is -0.492 e. The van der Waals surface area contributed by atoms with Crippen LogP contribution in [0.15, 0.2) is 29.3 Å². The van der Waals surface area contributed by atoms with Gasteiger partial charge in [-0.15, -0.1) is 11.3 Å². The summed E-state index contributed by atoms with van der Waals surface area (Å²) in [4.78, 5) is 21.5. The number of hydrogen-bond donors (Lipinski definition) is 2. The second kappa shape index (κ2) is 11.4. The molecule has 0 aliphatic rings. The Morgan fingerprint density at radius 3 is 2.86 bits per heavy atom. The summed E-state index contributed by atoms with van der Waals surface area (Å²) in [6, 6.07) is 5.85. The summed E-state index contributed by atoms with van der Waals surface area (Å²) in [7, 11) is 0. The molecule has 29 heavy (non-hydrogen) atoms. The molecule has 0 bridgehead atoms. The van der Waals surface area contributed by atoms with Crippen molar-refractivity contribution in [3.05, 3.63) is 45.7 Å². The number of halogens is 1. The SMILES string of the molecule is CCNC(=NCCOc1cccc(F)c1)NC(C)c1nc(C)c(C(=O)OCC)s1. The van der Waals surface area contributed by atoms with E-state index in [1.54, 1.807) is 26.0 Å². The summed E-state index contributed by atoms with van der Waals surface area (Å²) in [5.74, 6) is 0.386. The van der Waals surface area contributed by atoms with E-state index in [9.17, 15) is 9.18 Å². The number of carbonyl (C=O) groups excluding carboxylic acids is 1. The summed E-state index contributed by atoms with van der Waals surface area (Å²) in [5, 5.41) is 7.21. The van der Waals surface area contributed by atoms with Crippen molar-refractivity contribution in [3.63, 3.8) is 0 Å². The van der Waals surface area contributed by atoms with Crippen molar-refractivity contribution in [2.45, 2.75) is 33.7 Å². The zero-order valence-corrected chi connectivity index (χ0v) is 17.9. The second-order valence-electron chi connectivity index (χ2n) is 6.12. The molecule has 0 fully saturated rings. The Morgan fingerprint density at radius 2 is 2.17 bits per heavy atom. The van der Waals surface area contributed by atoms with Gasteiger partial charge in [-0.05, 0) is 39.8 Å². The third kappa shape index (κ3) is 7.01. The number of guanidine groups is 1. The summed E-state index contributed by atoms with van der Waals surface area (Å²) < 4.78 is 23.7. The molecule has 0 radical (unpaired) electrons. The van der Waals surface area contributed by atoms with E-state index >= 15 is 0 Å². The maximum atomic E-state index is 13.2. The third-order valence-corrected chi connectivity index (χ3v) is 5.09. The summed E-state index contributed by atoms with van der Waals surface area (Å²) >= 11 is 1.31. The normalized spacial score (nSPS) is 12.4. The van der Waals surface area contributed by atoms with E-state index < -0.39 is 0 Å². The van der Waals surface area contributed by atoms with Crippen LogP contribution in [0.1, 0.15) is 47.2 Å². The Balaban J connectivity index is 1.95. The van der Waals surface area contributed by atoms with Gasteiger partial charge in [-0.1, -0.05) is 6.07 Å². The molecule has 1 heterocycles. The Kier molecular flexibility index (Phi) is 8.85. The highest BCUT2D eigenvalue weighted by atomic mass is 32.1. The van der Waals surface area contributed by atoms with E-state index in [4.69, 9.17) is 9.47 Å². The fourth-order valence-electron chi connectivity index (χ4n) is 2.45. The second-order valence-corrected chi connectivity index (χ2v) is 7.15. The molecular weight excluding hydrogens is 395 g/mol. The van der Waals surface area contributed by atoms with Crippen LogP contribution in [0.2, 0.25) is 0 Å². The quantitative estimate of drug-likeness (QED) is 0.279. The number of nitrogens with one attached hydrogen (secondary N) is 2. The first-order valence-corrected chi connectivity index (χ1v) is 10.3. The van der Waals surface area contributed by atoms with Crippen molar-refractivity contribution >= 4 is 23.3 Å². The zero-order chi connectivity index (χ0) is 21.2. The first-order chi connectivity index (χ1) is 13.9. The van der Waals surface area contributed by atoms with Crippen LogP contribution >= 0.6 is 11.3 Å². The van der Waals surface area contributed by atoms with Gasteiger partial charge in [-0.2, -0.15) is 0 Å². The molecule has 2 rings (SSSR count). The molecule has 1 atom stereocenters. The number of aryl methyl sites for hydroxylation is 1. The largest absolute Gasteiger partial charge is 0.492 e. The highest BCUT2D eigenvalue weighted by molar-refractivity contribution is 7.13. The van der Waals surface area contributed by atoms with Crippen molar-refractivity contribution in [2.24, 2.45) is 4.99 Å². The monoisotopic (exact) mass is 422 g/mol. The van der Waals surface area contributed by atoms with Crippen LogP contribution in [0.4, 0.5) is 4.39 Å². The van der Waals surface area contributed by atoms with Gasteiger partial charge < -0.3 is 20.1 Å². The maximum absolute atomic E-state index is 13.2. The lowest BCUT2D eigenvalue weighted by Gasteiger charge is -2.16. The van der Waals surface area contributed by atoms with Gasteiger partial charge in [-0.25, -0.2) is 19.2 Å². The molecule has 0 aliphatic heterocycles. The molecule has 0 saturated heterocycles. The van der Waals surface area contributed by atoms with Crippen molar-refractivity contribution in [3.8, 4) is 5.75 Å². The van der Waals surface area contributed by atoms with Crippen LogP contribution in [0.3, 0.4) is 0 Å². The number of esters is 1. The Labute approximate surface area is 174 Å². The number of carbonyl (C=O) groups is 1. The zero-order valence-electron chi connectivity index (χ0n) is 17.1. The molecule has 158 valence electrons. The average Bonchev–Trinajstić information content (AvgIpc) is 3.07. The number of ether oxygens (including phenoxy) is 2. The fourth-order valence-corrected chi connectivity index (χ4v) is 3.42. The first kappa shape index (κ1) is 22.6. The summed E-state index contributed by atoms with van der Waals surface area (Å²) in [5.41, 5.74) is 0.655. The van der Waals surface area contributed by atoms with Crippen LogP contribution in [0, 0.1) is 12.7 Å². The van der Waals surface area contributed by atoms with E-state index in [-0.39, 0.29) is 17.8 Å². The standard InChI is InChI=1S/C20H27FN4O3S/c1-5-22-20(23-10-11-28-16-9-7-8-15(21)12-16)25-14(4)18-24-13(3)17(29-18)19(26)27-6-2/h7-9,12,14H,5-6,10-11H2,1-4H3,(H2,22,23,25). The summed E-state index contributed by atoms with van der Waals surface area (Å²) in [6.07, 6.45) is 0. The summed E-state index contributed by atoms with van der Waals surface area (Å²) in [6.45, 7) is 9.21. The van der Waals surface area contributed by atoms with Crippen LogP contribution in [0.5, 0.6) is 5.75 Å². The number of benzene rings is 1. The highest BCUT2D eigenvalue weighted by Gasteiger charge is 2.20. The van der Waals surface area contributed by atoms with Gasteiger partial charge in [0.2, 0.25) is 0 Å². The van der Waals surface area contributed by atoms with Gasteiger partial charge in [0.15, 0.2) is 5.96 Å². The van der Waals surface area contributed by atoms with Gasteiger partial charge in [0, 0.05) is 12.6 Å². The fraction of sp³-hybridized carbons (Fsp3) is 0.450. The highest BCUT2D eigenvalue weighted by Crippen LogP contribution is 2.24. The third-order valence-electron chi connectivity index (χ3n) is 3.77. The molecule has 2 aromatic rings. The predicted molar refractivity (Wildman–Crippen MR) is 112 cm³/mol. The lowest BCUT2D eigenvalue weighted by Crippen LogP contribution is -2.39. The predicted octanol–water partition coefficient (Wildman–Crippen LogP) is 3.46. The van der Waals surface area contributed by atoms with E-state index in [1.807, 2.05) is 13.8 Å². The smallest absolute Gasteiger partial charge is 0.350 e. The minimum atomic E-state index is -0.351. The van der Waals surface area contributed by atoms with Crippen molar-refractivity contribution < 1.29 is 18.7 Å².